The Hall–Kier alpha value is -1.12. The van der Waals surface area contributed by atoms with Gasteiger partial charge < -0.3 is 5.32 Å². The Morgan fingerprint density at radius 3 is 2.71 bits per heavy atom. The van der Waals surface area contributed by atoms with Gasteiger partial charge in [-0.15, -0.1) is 11.3 Å². The molecule has 112 valence electrons. The van der Waals surface area contributed by atoms with Gasteiger partial charge in [-0.1, -0.05) is 25.1 Å². The van der Waals surface area contributed by atoms with Gasteiger partial charge in [-0.25, -0.2) is 0 Å². The van der Waals surface area contributed by atoms with Crippen LogP contribution in [0, 0.1) is 13.8 Å². The monoisotopic (exact) mass is 299 g/mol. The summed E-state index contributed by atoms with van der Waals surface area (Å²) >= 11 is 2.02. The van der Waals surface area contributed by atoms with Crippen LogP contribution in [0.1, 0.15) is 57.8 Å². The zero-order valence-corrected chi connectivity index (χ0v) is 14.1. The van der Waals surface area contributed by atoms with Crippen LogP contribution in [0.15, 0.2) is 24.3 Å². The Morgan fingerprint density at radius 1 is 1.14 bits per heavy atom. The quantitative estimate of drug-likeness (QED) is 0.824. The van der Waals surface area contributed by atoms with Crippen molar-refractivity contribution in [3.05, 3.63) is 56.3 Å². The van der Waals surface area contributed by atoms with Crippen molar-refractivity contribution in [1.82, 2.24) is 5.32 Å². The van der Waals surface area contributed by atoms with Gasteiger partial charge in [0.2, 0.25) is 0 Å². The Kier molecular flexibility index (Phi) is 4.46. The molecule has 1 aromatic carbocycles. The summed E-state index contributed by atoms with van der Waals surface area (Å²) in [6.45, 7) is 7.70. The van der Waals surface area contributed by atoms with Gasteiger partial charge >= 0.3 is 0 Å². The van der Waals surface area contributed by atoms with Crippen molar-refractivity contribution in [1.29, 1.82) is 0 Å². The number of fused-ring (bicyclic) bond motifs is 1. The number of nitrogens with one attached hydrogen (secondary N) is 1. The average molecular weight is 299 g/mol. The lowest BCUT2D eigenvalue weighted by atomic mass is 9.99. The highest BCUT2D eigenvalue weighted by Crippen LogP contribution is 2.36. The molecule has 0 aliphatic heterocycles. The lowest BCUT2D eigenvalue weighted by Gasteiger charge is -2.19. The van der Waals surface area contributed by atoms with Crippen LogP contribution in [0.25, 0.3) is 0 Å². The van der Waals surface area contributed by atoms with Crippen LogP contribution in [-0.2, 0) is 12.8 Å². The topological polar surface area (TPSA) is 12.0 Å². The third kappa shape index (κ3) is 3.07. The second-order valence-corrected chi connectivity index (χ2v) is 7.35. The maximum atomic E-state index is 3.75. The van der Waals surface area contributed by atoms with E-state index in [2.05, 4.69) is 50.4 Å². The van der Waals surface area contributed by atoms with Gasteiger partial charge in [-0.3, -0.25) is 0 Å². The summed E-state index contributed by atoms with van der Waals surface area (Å²) in [6.07, 6.45) is 5.08. The zero-order chi connectivity index (χ0) is 14.8. The maximum Gasteiger partial charge on any atom is 0.0671 e. The molecule has 0 bridgehead atoms. The second-order valence-electron chi connectivity index (χ2n) is 6.18. The molecule has 1 aliphatic rings. The molecule has 1 N–H and O–H groups in total. The predicted octanol–water partition coefficient (Wildman–Crippen LogP) is 4.94. The average Bonchev–Trinajstić information content (AvgIpc) is 3.04. The van der Waals surface area contributed by atoms with E-state index < -0.39 is 0 Å². The normalized spacial score (nSPS) is 15.2. The first-order valence-corrected chi connectivity index (χ1v) is 8.92. The van der Waals surface area contributed by atoms with E-state index in [-0.39, 0.29) is 0 Å². The first kappa shape index (κ1) is 14.8. The van der Waals surface area contributed by atoms with E-state index in [9.17, 15) is 0 Å². The number of rotatable bonds is 5. The standard InChI is InChI=1S/C19H25NS/c1-4-10-20-19(16-9-8-13(2)14(3)11-16)18-12-15-6-5-7-17(15)21-18/h8-9,11-12,19-20H,4-7,10H2,1-3H3. The number of hydrogen-bond acceptors (Lipinski definition) is 2. The largest absolute Gasteiger partial charge is 0.306 e. The molecule has 21 heavy (non-hydrogen) atoms. The molecule has 1 aromatic heterocycles. The van der Waals surface area contributed by atoms with Crippen LogP contribution >= 0.6 is 11.3 Å². The summed E-state index contributed by atoms with van der Waals surface area (Å²) in [5.74, 6) is 0. The van der Waals surface area contributed by atoms with E-state index in [1.165, 1.54) is 47.3 Å². The van der Waals surface area contributed by atoms with E-state index in [0.29, 0.717) is 6.04 Å². The van der Waals surface area contributed by atoms with E-state index in [0.717, 1.165) is 6.54 Å². The molecule has 2 heteroatoms. The number of hydrogen-bond donors (Lipinski definition) is 1. The fraction of sp³-hybridized carbons (Fsp3) is 0.474. The summed E-state index contributed by atoms with van der Waals surface area (Å²) in [4.78, 5) is 3.12. The molecule has 1 aliphatic carbocycles. The van der Waals surface area contributed by atoms with Crippen molar-refractivity contribution in [3.8, 4) is 0 Å². The third-order valence-electron chi connectivity index (χ3n) is 4.51. The van der Waals surface area contributed by atoms with Gasteiger partial charge in [0.25, 0.3) is 0 Å². The number of benzene rings is 1. The van der Waals surface area contributed by atoms with E-state index in [1.807, 2.05) is 11.3 Å². The lowest BCUT2D eigenvalue weighted by molar-refractivity contribution is 0.605. The molecule has 3 rings (SSSR count). The molecule has 1 nitrogen and oxygen atoms in total. The highest BCUT2D eigenvalue weighted by molar-refractivity contribution is 7.12. The van der Waals surface area contributed by atoms with Crippen molar-refractivity contribution in [2.45, 2.75) is 52.5 Å². The summed E-state index contributed by atoms with van der Waals surface area (Å²) in [5, 5.41) is 3.75. The first-order valence-electron chi connectivity index (χ1n) is 8.11. The molecule has 1 atom stereocenters. The second kappa shape index (κ2) is 6.33. The molecule has 2 aromatic rings. The van der Waals surface area contributed by atoms with Crippen molar-refractivity contribution in [2.75, 3.05) is 6.54 Å². The summed E-state index contributed by atoms with van der Waals surface area (Å²) < 4.78 is 0. The van der Waals surface area contributed by atoms with Crippen LogP contribution in [-0.4, -0.2) is 6.54 Å². The minimum atomic E-state index is 0.361. The Morgan fingerprint density at radius 2 is 2.00 bits per heavy atom. The van der Waals surface area contributed by atoms with Crippen LogP contribution in [0.2, 0.25) is 0 Å². The van der Waals surface area contributed by atoms with Crippen molar-refractivity contribution >= 4 is 11.3 Å². The molecule has 1 unspecified atom stereocenters. The van der Waals surface area contributed by atoms with Gasteiger partial charge in [0, 0.05) is 9.75 Å². The predicted molar refractivity (Wildman–Crippen MR) is 92.4 cm³/mol. The SMILES string of the molecule is CCCNC(c1ccc(C)c(C)c1)c1cc2c(s1)CCC2. The minimum absolute atomic E-state index is 0.361. The van der Waals surface area contributed by atoms with Crippen LogP contribution in [0.5, 0.6) is 0 Å². The van der Waals surface area contributed by atoms with Gasteiger partial charge in [-0.05, 0) is 74.4 Å². The zero-order valence-electron chi connectivity index (χ0n) is 13.3. The minimum Gasteiger partial charge on any atom is -0.306 e. The number of thiophene rings is 1. The van der Waals surface area contributed by atoms with Crippen LogP contribution in [0.4, 0.5) is 0 Å². The number of aryl methyl sites for hydroxylation is 4. The third-order valence-corrected chi connectivity index (χ3v) is 5.81. The Labute approximate surface area is 132 Å². The molecule has 0 saturated carbocycles. The summed E-state index contributed by atoms with van der Waals surface area (Å²) in [7, 11) is 0. The van der Waals surface area contributed by atoms with Crippen LogP contribution < -0.4 is 5.32 Å². The highest BCUT2D eigenvalue weighted by Gasteiger charge is 2.21. The molecule has 0 spiro atoms. The van der Waals surface area contributed by atoms with E-state index in [4.69, 9.17) is 0 Å². The molecule has 1 heterocycles. The molecule has 0 amide bonds. The first-order chi connectivity index (χ1) is 10.2. The van der Waals surface area contributed by atoms with Gasteiger partial charge in [0.15, 0.2) is 0 Å². The summed E-state index contributed by atoms with van der Waals surface area (Å²) in [6, 6.07) is 9.72. The molecular weight excluding hydrogens is 274 g/mol. The maximum absolute atomic E-state index is 3.75. The Balaban J connectivity index is 1.94. The lowest BCUT2D eigenvalue weighted by Crippen LogP contribution is -2.22. The van der Waals surface area contributed by atoms with Gasteiger partial charge in [0.05, 0.1) is 6.04 Å². The smallest absolute Gasteiger partial charge is 0.0671 e. The fourth-order valence-electron chi connectivity index (χ4n) is 3.11. The highest BCUT2D eigenvalue weighted by atomic mass is 32.1. The van der Waals surface area contributed by atoms with Crippen LogP contribution in [0.3, 0.4) is 0 Å². The Bertz CT molecular complexity index is 605. The van der Waals surface area contributed by atoms with Crippen molar-refractivity contribution in [2.24, 2.45) is 0 Å². The molecule has 0 fully saturated rings. The van der Waals surface area contributed by atoms with Crippen molar-refractivity contribution in [3.63, 3.8) is 0 Å². The molecular formula is C19H25NS. The molecule has 0 radical (unpaired) electrons. The fourth-order valence-corrected chi connectivity index (χ4v) is 4.47. The van der Waals surface area contributed by atoms with Gasteiger partial charge in [0.1, 0.15) is 0 Å². The van der Waals surface area contributed by atoms with Crippen molar-refractivity contribution < 1.29 is 0 Å². The summed E-state index contributed by atoms with van der Waals surface area (Å²) in [5.41, 5.74) is 5.77. The van der Waals surface area contributed by atoms with E-state index >= 15 is 0 Å². The van der Waals surface area contributed by atoms with Gasteiger partial charge in [-0.2, -0.15) is 0 Å². The molecule has 0 saturated heterocycles. The van der Waals surface area contributed by atoms with E-state index in [1.54, 1.807) is 10.4 Å².